The molecule has 0 bridgehead atoms. The molecule has 0 spiro atoms. The summed E-state index contributed by atoms with van der Waals surface area (Å²) < 4.78 is 10.4. The standard InChI is InChI=1S/C34H39N7O5S/c1-45-34(44)41-21-27(39-32(43)29-14-23(16-35)17-36-29)15-28(41)18-37-31(42)25-8-6-24(7-9-25)30-19-38-33(47-30)26-4-2-22(3-5-26)20-40-10-12-46-13-11-40/h2-9,19,23,27-29,36H,10-15,17-18,20-21H2,1H3,(H,37,42)(H,39,43)/t23-,27-,28-,29+/m1/s1. The first-order valence-electron chi connectivity index (χ1n) is 15.9. The van der Waals surface area contributed by atoms with Crippen LogP contribution in [0.3, 0.4) is 0 Å². The average Bonchev–Trinajstić information content (AvgIpc) is 3.88. The predicted molar refractivity (Wildman–Crippen MR) is 176 cm³/mol. The minimum atomic E-state index is -0.512. The Bertz CT molecular complexity index is 1600. The zero-order chi connectivity index (χ0) is 32.8. The molecule has 1 aromatic heterocycles. The fourth-order valence-corrected chi connectivity index (χ4v) is 7.23. The SMILES string of the molecule is COC(=O)N1C[C@H](NC(=O)[C@@H]2C[C@H](C#N)CN2)C[C@@H]1CNC(=O)c1ccc(-c2cnc(-c3ccc(CN4CCOCC4)cc3)s2)cc1. The van der Waals surface area contributed by atoms with Crippen LogP contribution in [-0.4, -0.2) is 104 Å². The highest BCUT2D eigenvalue weighted by molar-refractivity contribution is 7.18. The number of methoxy groups -OCH3 is 1. The molecule has 246 valence electrons. The third-order valence-electron chi connectivity index (χ3n) is 8.95. The lowest BCUT2D eigenvalue weighted by Gasteiger charge is -2.26. The van der Waals surface area contributed by atoms with Gasteiger partial charge in [-0.05, 0) is 36.1 Å². The lowest BCUT2D eigenvalue weighted by atomic mass is 10.1. The number of carbonyl (C=O) groups is 3. The van der Waals surface area contributed by atoms with Crippen LogP contribution in [-0.2, 0) is 20.8 Å². The van der Waals surface area contributed by atoms with Gasteiger partial charge in [0, 0.05) is 62.6 Å². The van der Waals surface area contributed by atoms with E-state index >= 15 is 0 Å². The first kappa shape index (κ1) is 32.6. The van der Waals surface area contributed by atoms with Gasteiger partial charge in [0.1, 0.15) is 5.01 Å². The Hall–Kier alpha value is -4.35. The number of nitrogens with one attached hydrogen (secondary N) is 3. The molecule has 13 heteroatoms. The Morgan fingerprint density at radius 2 is 1.83 bits per heavy atom. The number of ether oxygens (including phenoxy) is 2. The van der Waals surface area contributed by atoms with E-state index in [-0.39, 0.29) is 42.9 Å². The smallest absolute Gasteiger partial charge is 0.409 e. The molecule has 4 atom stereocenters. The maximum Gasteiger partial charge on any atom is 0.409 e. The Morgan fingerprint density at radius 1 is 1.09 bits per heavy atom. The number of amides is 3. The van der Waals surface area contributed by atoms with E-state index in [1.165, 1.54) is 17.6 Å². The van der Waals surface area contributed by atoms with Gasteiger partial charge in [-0.3, -0.25) is 14.5 Å². The molecule has 47 heavy (non-hydrogen) atoms. The van der Waals surface area contributed by atoms with Crippen LogP contribution in [0.25, 0.3) is 21.0 Å². The molecular formula is C34H39N7O5S. The van der Waals surface area contributed by atoms with Crippen molar-refractivity contribution < 1.29 is 23.9 Å². The minimum absolute atomic E-state index is 0.187. The van der Waals surface area contributed by atoms with Crippen molar-refractivity contribution in [2.24, 2.45) is 5.92 Å². The van der Waals surface area contributed by atoms with Gasteiger partial charge in [-0.2, -0.15) is 5.26 Å². The molecule has 0 radical (unpaired) electrons. The third kappa shape index (κ3) is 7.97. The minimum Gasteiger partial charge on any atom is -0.453 e. The number of likely N-dealkylation sites (tertiary alicyclic amines) is 1. The molecule has 12 nitrogen and oxygen atoms in total. The van der Waals surface area contributed by atoms with Crippen molar-refractivity contribution >= 4 is 29.2 Å². The van der Waals surface area contributed by atoms with Gasteiger partial charge < -0.3 is 30.3 Å². The van der Waals surface area contributed by atoms with Crippen molar-refractivity contribution in [3.05, 3.63) is 65.9 Å². The van der Waals surface area contributed by atoms with Crippen LogP contribution in [0.1, 0.15) is 28.8 Å². The van der Waals surface area contributed by atoms with Gasteiger partial charge in [0.25, 0.3) is 5.91 Å². The second-order valence-corrected chi connectivity index (χ2v) is 13.2. The van der Waals surface area contributed by atoms with Crippen LogP contribution < -0.4 is 16.0 Å². The zero-order valence-corrected chi connectivity index (χ0v) is 27.1. The summed E-state index contributed by atoms with van der Waals surface area (Å²) in [6, 6.07) is 17.1. The van der Waals surface area contributed by atoms with Crippen molar-refractivity contribution in [1.82, 2.24) is 30.7 Å². The number of aromatic nitrogens is 1. The maximum absolute atomic E-state index is 13.1. The molecule has 3 aromatic rings. The summed E-state index contributed by atoms with van der Waals surface area (Å²) in [6.45, 7) is 5.38. The zero-order valence-electron chi connectivity index (χ0n) is 26.3. The van der Waals surface area contributed by atoms with Gasteiger partial charge >= 0.3 is 6.09 Å². The predicted octanol–water partition coefficient (Wildman–Crippen LogP) is 2.87. The summed E-state index contributed by atoms with van der Waals surface area (Å²) in [4.78, 5) is 47.9. The molecule has 0 saturated carbocycles. The Kier molecular flexibility index (Phi) is 10.4. The second kappa shape index (κ2) is 15.0. The molecule has 3 aliphatic rings. The van der Waals surface area contributed by atoms with E-state index in [2.05, 4.69) is 56.2 Å². The Morgan fingerprint density at radius 3 is 2.53 bits per heavy atom. The van der Waals surface area contributed by atoms with E-state index in [1.54, 1.807) is 23.5 Å². The summed E-state index contributed by atoms with van der Waals surface area (Å²) in [6.07, 6.45) is 2.28. The van der Waals surface area contributed by atoms with E-state index in [0.29, 0.717) is 24.9 Å². The highest BCUT2D eigenvalue weighted by atomic mass is 32.1. The molecule has 2 aromatic carbocycles. The van der Waals surface area contributed by atoms with Crippen LogP contribution >= 0.6 is 11.3 Å². The molecule has 3 fully saturated rings. The number of carbonyl (C=O) groups excluding carboxylic acids is 3. The monoisotopic (exact) mass is 657 g/mol. The quantitative estimate of drug-likeness (QED) is 0.316. The van der Waals surface area contributed by atoms with Gasteiger partial charge in [-0.25, -0.2) is 9.78 Å². The van der Waals surface area contributed by atoms with Crippen LogP contribution in [0.4, 0.5) is 4.79 Å². The number of nitriles is 1. The Balaban J connectivity index is 1.02. The summed E-state index contributed by atoms with van der Waals surface area (Å²) in [5.74, 6) is -0.631. The highest BCUT2D eigenvalue weighted by Crippen LogP contribution is 2.32. The number of hydrogen-bond acceptors (Lipinski definition) is 10. The summed E-state index contributed by atoms with van der Waals surface area (Å²) in [5, 5.41) is 19.1. The van der Waals surface area contributed by atoms with E-state index in [4.69, 9.17) is 14.7 Å². The van der Waals surface area contributed by atoms with Gasteiger partial charge in [0.15, 0.2) is 0 Å². The fraction of sp³-hybridized carbons (Fsp3) is 0.441. The van der Waals surface area contributed by atoms with Crippen molar-refractivity contribution in [2.45, 2.75) is 37.5 Å². The molecule has 4 heterocycles. The number of morpholine rings is 1. The first-order chi connectivity index (χ1) is 22.9. The summed E-state index contributed by atoms with van der Waals surface area (Å²) >= 11 is 1.60. The lowest BCUT2D eigenvalue weighted by molar-refractivity contribution is -0.123. The fourth-order valence-electron chi connectivity index (χ4n) is 6.30. The molecule has 0 aliphatic carbocycles. The topological polar surface area (TPSA) is 149 Å². The van der Waals surface area contributed by atoms with Gasteiger partial charge in [-0.1, -0.05) is 36.4 Å². The van der Waals surface area contributed by atoms with Crippen LogP contribution in [0.5, 0.6) is 0 Å². The summed E-state index contributed by atoms with van der Waals surface area (Å²) in [5.41, 5.74) is 3.81. The van der Waals surface area contributed by atoms with E-state index < -0.39 is 12.1 Å². The molecule has 0 unspecified atom stereocenters. The van der Waals surface area contributed by atoms with E-state index in [9.17, 15) is 14.4 Å². The van der Waals surface area contributed by atoms with E-state index in [0.717, 1.165) is 53.9 Å². The van der Waals surface area contributed by atoms with Crippen molar-refractivity contribution in [3.8, 4) is 27.1 Å². The number of hydrogen-bond donors (Lipinski definition) is 3. The lowest BCUT2D eigenvalue weighted by Crippen LogP contribution is -2.46. The molecule has 3 aliphatic heterocycles. The molecule has 3 amide bonds. The van der Waals surface area contributed by atoms with Crippen LogP contribution in [0.2, 0.25) is 0 Å². The van der Waals surface area contributed by atoms with Crippen molar-refractivity contribution in [2.75, 3.05) is 53.0 Å². The van der Waals surface area contributed by atoms with E-state index in [1.807, 2.05) is 18.3 Å². The summed E-state index contributed by atoms with van der Waals surface area (Å²) in [7, 11) is 1.31. The second-order valence-electron chi connectivity index (χ2n) is 12.1. The van der Waals surface area contributed by atoms with Crippen LogP contribution in [0.15, 0.2) is 54.7 Å². The Labute approximate surface area is 278 Å². The normalized spacial score (nSPS) is 22.9. The van der Waals surface area contributed by atoms with Gasteiger partial charge in [0.05, 0.1) is 49.3 Å². The first-order valence-corrected chi connectivity index (χ1v) is 16.7. The van der Waals surface area contributed by atoms with Crippen molar-refractivity contribution in [3.63, 3.8) is 0 Å². The van der Waals surface area contributed by atoms with Gasteiger partial charge in [0.2, 0.25) is 5.91 Å². The molecular weight excluding hydrogens is 618 g/mol. The highest BCUT2D eigenvalue weighted by Gasteiger charge is 2.38. The number of rotatable bonds is 9. The number of thiazole rings is 1. The van der Waals surface area contributed by atoms with Crippen molar-refractivity contribution in [1.29, 1.82) is 5.26 Å². The largest absolute Gasteiger partial charge is 0.453 e. The average molecular weight is 658 g/mol. The van der Waals surface area contributed by atoms with Crippen LogP contribution in [0, 0.1) is 17.2 Å². The maximum atomic E-state index is 13.1. The van der Waals surface area contributed by atoms with Gasteiger partial charge in [-0.15, -0.1) is 11.3 Å². The number of nitrogens with zero attached hydrogens (tertiary/aromatic N) is 4. The third-order valence-corrected chi connectivity index (χ3v) is 10.0. The molecule has 3 saturated heterocycles. The molecule has 3 N–H and O–H groups in total. The molecule has 6 rings (SSSR count). The number of benzene rings is 2.